The van der Waals surface area contributed by atoms with Crippen LogP contribution in [0.25, 0.3) is 0 Å². The van der Waals surface area contributed by atoms with Crippen molar-refractivity contribution in [3.05, 3.63) is 34.9 Å². The van der Waals surface area contributed by atoms with Crippen LogP contribution in [-0.2, 0) is 16.1 Å². The number of carbonyl (C=O) groups is 4. The molecule has 1 aromatic carbocycles. The molecule has 2 saturated heterocycles. The van der Waals surface area contributed by atoms with Crippen molar-refractivity contribution in [2.45, 2.75) is 44.7 Å². The van der Waals surface area contributed by atoms with E-state index in [2.05, 4.69) is 16.0 Å². The van der Waals surface area contributed by atoms with Crippen LogP contribution in [0.3, 0.4) is 0 Å². The van der Waals surface area contributed by atoms with E-state index in [1.54, 1.807) is 12.1 Å². The van der Waals surface area contributed by atoms with Gasteiger partial charge in [-0.2, -0.15) is 0 Å². The number of rotatable bonds is 6. The third-order valence-electron chi connectivity index (χ3n) is 5.96. The van der Waals surface area contributed by atoms with Gasteiger partial charge in [-0.25, -0.2) is 0 Å². The lowest BCUT2D eigenvalue weighted by Crippen LogP contribution is -2.54. The summed E-state index contributed by atoms with van der Waals surface area (Å²) in [6.07, 6.45) is 3.89. The number of hydrogen-bond donors (Lipinski definition) is 3. The van der Waals surface area contributed by atoms with Crippen LogP contribution >= 0.6 is 0 Å². The van der Waals surface area contributed by atoms with Crippen LogP contribution in [0.2, 0.25) is 0 Å². The maximum absolute atomic E-state index is 12.8. The quantitative estimate of drug-likeness (QED) is 0.478. The summed E-state index contributed by atoms with van der Waals surface area (Å²) in [4.78, 5) is 50.0. The van der Waals surface area contributed by atoms with Crippen molar-refractivity contribution in [2.24, 2.45) is 5.92 Å². The number of amides is 4. The molecule has 3 aliphatic heterocycles. The summed E-state index contributed by atoms with van der Waals surface area (Å²) in [5.74, 6) is -1.19. The van der Waals surface area contributed by atoms with Crippen LogP contribution in [0.15, 0.2) is 18.2 Å². The van der Waals surface area contributed by atoms with Crippen molar-refractivity contribution in [3.8, 4) is 0 Å². The molecule has 4 amide bonds. The van der Waals surface area contributed by atoms with Gasteiger partial charge in [-0.3, -0.25) is 29.4 Å². The molecule has 0 aliphatic carbocycles. The Hall–Kier alpha value is -2.58. The van der Waals surface area contributed by atoms with Gasteiger partial charge < -0.3 is 10.6 Å². The summed E-state index contributed by atoms with van der Waals surface area (Å²) >= 11 is 0. The SMILES string of the molecule is O=C1CCC(N2C(=O)c3ccc(CNCCC4CCCNC4)cc3C2=O)C(=O)N1. The largest absolute Gasteiger partial charge is 0.316 e. The zero-order chi connectivity index (χ0) is 20.4. The highest BCUT2D eigenvalue weighted by molar-refractivity contribution is 6.23. The summed E-state index contributed by atoms with van der Waals surface area (Å²) in [7, 11) is 0. The lowest BCUT2D eigenvalue weighted by Gasteiger charge is -2.27. The molecule has 2 unspecified atom stereocenters. The number of fused-ring (bicyclic) bond motifs is 1. The number of benzene rings is 1. The minimum atomic E-state index is -0.925. The second-order valence-corrected chi connectivity index (χ2v) is 8.00. The molecule has 3 aliphatic rings. The number of nitrogens with one attached hydrogen (secondary N) is 3. The summed E-state index contributed by atoms with van der Waals surface area (Å²) in [5.41, 5.74) is 1.57. The van der Waals surface area contributed by atoms with Crippen molar-refractivity contribution in [1.29, 1.82) is 0 Å². The first kappa shape index (κ1) is 19.7. The van der Waals surface area contributed by atoms with E-state index in [4.69, 9.17) is 0 Å². The molecule has 2 atom stereocenters. The zero-order valence-corrected chi connectivity index (χ0v) is 16.3. The second kappa shape index (κ2) is 8.42. The summed E-state index contributed by atoms with van der Waals surface area (Å²) < 4.78 is 0. The molecule has 0 aromatic heterocycles. The maximum atomic E-state index is 12.8. The van der Waals surface area contributed by atoms with Crippen LogP contribution in [0.5, 0.6) is 0 Å². The minimum Gasteiger partial charge on any atom is -0.316 e. The average molecular weight is 398 g/mol. The summed E-state index contributed by atoms with van der Waals surface area (Å²) in [6.45, 7) is 3.71. The van der Waals surface area contributed by atoms with E-state index in [0.717, 1.165) is 36.5 Å². The van der Waals surface area contributed by atoms with Crippen molar-refractivity contribution in [1.82, 2.24) is 20.9 Å². The first-order chi connectivity index (χ1) is 14.0. The zero-order valence-electron chi connectivity index (χ0n) is 16.3. The standard InChI is InChI=1S/C21H26N4O4/c26-18-6-5-17(19(27)24-18)25-20(28)15-4-3-14(10-16(15)21(25)29)12-23-9-7-13-2-1-8-22-11-13/h3-4,10,13,17,22-23H,1-2,5-9,11-12H2,(H,24,26,27). The molecular weight excluding hydrogens is 372 g/mol. The summed E-state index contributed by atoms with van der Waals surface area (Å²) in [6, 6.07) is 4.30. The lowest BCUT2D eigenvalue weighted by molar-refractivity contribution is -0.136. The van der Waals surface area contributed by atoms with Gasteiger partial charge in [-0.15, -0.1) is 0 Å². The van der Waals surface area contributed by atoms with E-state index < -0.39 is 23.8 Å². The van der Waals surface area contributed by atoms with Crippen molar-refractivity contribution in [3.63, 3.8) is 0 Å². The Kier molecular flexibility index (Phi) is 5.73. The Bertz CT molecular complexity index is 847. The Morgan fingerprint density at radius 2 is 1.90 bits per heavy atom. The van der Waals surface area contributed by atoms with Gasteiger partial charge in [0.2, 0.25) is 11.8 Å². The normalized spacial score (nSPS) is 24.6. The Morgan fingerprint density at radius 1 is 1.07 bits per heavy atom. The monoisotopic (exact) mass is 398 g/mol. The van der Waals surface area contributed by atoms with Crippen LogP contribution in [-0.4, -0.2) is 54.2 Å². The molecule has 0 bridgehead atoms. The van der Waals surface area contributed by atoms with Gasteiger partial charge in [-0.05, 0) is 68.9 Å². The molecule has 8 nitrogen and oxygen atoms in total. The van der Waals surface area contributed by atoms with Crippen LogP contribution in [0.4, 0.5) is 0 Å². The van der Waals surface area contributed by atoms with E-state index in [9.17, 15) is 19.2 Å². The van der Waals surface area contributed by atoms with E-state index in [1.807, 2.05) is 6.07 Å². The molecule has 2 fully saturated rings. The molecule has 3 heterocycles. The van der Waals surface area contributed by atoms with Crippen LogP contribution < -0.4 is 16.0 Å². The van der Waals surface area contributed by atoms with Crippen LogP contribution in [0.1, 0.15) is 58.4 Å². The Morgan fingerprint density at radius 3 is 2.66 bits per heavy atom. The van der Waals surface area contributed by atoms with Gasteiger partial charge in [0.1, 0.15) is 6.04 Å². The van der Waals surface area contributed by atoms with Gasteiger partial charge in [-0.1, -0.05) is 6.07 Å². The summed E-state index contributed by atoms with van der Waals surface area (Å²) in [5, 5.41) is 9.04. The number of nitrogens with zero attached hydrogens (tertiary/aromatic N) is 1. The highest BCUT2D eigenvalue weighted by Crippen LogP contribution is 2.28. The lowest BCUT2D eigenvalue weighted by atomic mass is 9.96. The fourth-order valence-electron chi connectivity index (χ4n) is 4.34. The molecule has 0 spiro atoms. The number of piperidine rings is 2. The third kappa shape index (κ3) is 4.09. The smallest absolute Gasteiger partial charge is 0.262 e. The molecule has 3 N–H and O–H groups in total. The third-order valence-corrected chi connectivity index (χ3v) is 5.96. The highest BCUT2D eigenvalue weighted by Gasteiger charge is 2.44. The number of carbonyl (C=O) groups excluding carboxylic acids is 4. The van der Waals surface area contributed by atoms with Crippen molar-refractivity contribution >= 4 is 23.6 Å². The van der Waals surface area contributed by atoms with E-state index in [0.29, 0.717) is 23.6 Å². The van der Waals surface area contributed by atoms with Gasteiger partial charge >= 0.3 is 0 Å². The van der Waals surface area contributed by atoms with Gasteiger partial charge in [0.25, 0.3) is 11.8 Å². The van der Waals surface area contributed by atoms with Crippen molar-refractivity contribution < 1.29 is 19.2 Å². The van der Waals surface area contributed by atoms with Gasteiger partial charge in [0.05, 0.1) is 11.1 Å². The van der Waals surface area contributed by atoms with Gasteiger partial charge in [0, 0.05) is 13.0 Å². The molecule has 8 heteroatoms. The van der Waals surface area contributed by atoms with Crippen molar-refractivity contribution in [2.75, 3.05) is 19.6 Å². The predicted octanol–water partition coefficient (Wildman–Crippen LogP) is 0.567. The Balaban J connectivity index is 1.38. The van der Waals surface area contributed by atoms with Crippen LogP contribution in [0, 0.1) is 5.92 Å². The maximum Gasteiger partial charge on any atom is 0.262 e. The van der Waals surface area contributed by atoms with Gasteiger partial charge in [0.15, 0.2) is 0 Å². The molecule has 0 saturated carbocycles. The molecule has 4 rings (SSSR count). The number of imide groups is 2. The predicted molar refractivity (Wildman–Crippen MR) is 105 cm³/mol. The molecule has 29 heavy (non-hydrogen) atoms. The molecule has 0 radical (unpaired) electrons. The second-order valence-electron chi connectivity index (χ2n) is 8.00. The number of hydrogen-bond acceptors (Lipinski definition) is 6. The molecule has 154 valence electrons. The van der Waals surface area contributed by atoms with E-state index in [1.165, 1.54) is 12.8 Å². The molecule has 1 aromatic rings. The fraction of sp³-hybridized carbons (Fsp3) is 0.524. The first-order valence-corrected chi connectivity index (χ1v) is 10.3. The van der Waals surface area contributed by atoms with E-state index >= 15 is 0 Å². The first-order valence-electron chi connectivity index (χ1n) is 10.3. The molecular formula is C21H26N4O4. The Labute approximate surface area is 169 Å². The highest BCUT2D eigenvalue weighted by atomic mass is 16.2. The minimum absolute atomic E-state index is 0.121. The topological polar surface area (TPSA) is 108 Å². The average Bonchev–Trinajstić information content (AvgIpc) is 2.96. The van der Waals surface area contributed by atoms with E-state index in [-0.39, 0.29) is 18.7 Å². The fourth-order valence-corrected chi connectivity index (χ4v) is 4.34.